The quantitative estimate of drug-likeness (QED) is 0.868. The van der Waals surface area contributed by atoms with Crippen LogP contribution in [0.25, 0.3) is 0 Å². The highest BCUT2D eigenvalue weighted by molar-refractivity contribution is 7.89. The highest BCUT2D eigenvalue weighted by Gasteiger charge is 2.39. The van der Waals surface area contributed by atoms with Crippen molar-refractivity contribution in [3.05, 3.63) is 17.9 Å². The molecule has 2 aliphatic heterocycles. The minimum Gasteiger partial charge on any atom is -0.493 e. The molecule has 0 amide bonds. The van der Waals surface area contributed by atoms with Crippen LogP contribution in [0.15, 0.2) is 17.0 Å². The number of hydrogen-bond acceptors (Lipinski definition) is 5. The van der Waals surface area contributed by atoms with E-state index in [2.05, 4.69) is 5.32 Å². The zero-order valence-electron chi connectivity index (χ0n) is 14.1. The Morgan fingerprint density at radius 1 is 1.12 bits per heavy atom. The summed E-state index contributed by atoms with van der Waals surface area (Å²) in [6.07, 6.45) is 3.64. The van der Waals surface area contributed by atoms with Gasteiger partial charge in [0.05, 0.1) is 14.2 Å². The van der Waals surface area contributed by atoms with Gasteiger partial charge in [-0.2, -0.15) is 4.31 Å². The van der Waals surface area contributed by atoms with Gasteiger partial charge in [-0.05, 0) is 25.7 Å². The molecule has 0 aliphatic carbocycles. The number of ether oxygens (including phenoxy) is 2. The summed E-state index contributed by atoms with van der Waals surface area (Å²) in [5, 5.41) is 3.48. The van der Waals surface area contributed by atoms with Gasteiger partial charge in [0, 0.05) is 37.3 Å². The summed E-state index contributed by atoms with van der Waals surface area (Å²) >= 11 is 0. The summed E-state index contributed by atoms with van der Waals surface area (Å²) in [6.45, 7) is 0. The zero-order chi connectivity index (χ0) is 17.5. The Hall–Kier alpha value is -1.38. The average molecular weight is 358 g/mol. The fraction of sp³-hybridized carbons (Fsp3) is 0.625. The molecule has 24 heavy (non-hydrogen) atoms. The minimum atomic E-state index is -3.95. The van der Waals surface area contributed by atoms with Gasteiger partial charge in [-0.25, -0.2) is 12.8 Å². The van der Waals surface area contributed by atoms with Gasteiger partial charge >= 0.3 is 0 Å². The third kappa shape index (κ3) is 2.98. The lowest BCUT2D eigenvalue weighted by atomic mass is 10.0. The lowest BCUT2D eigenvalue weighted by Crippen LogP contribution is -2.48. The molecule has 0 radical (unpaired) electrons. The Balaban J connectivity index is 1.92. The first-order chi connectivity index (χ1) is 11.4. The van der Waals surface area contributed by atoms with E-state index in [-0.39, 0.29) is 22.4 Å². The molecule has 0 saturated carbocycles. The summed E-state index contributed by atoms with van der Waals surface area (Å²) in [5.74, 6) is -0.482. The van der Waals surface area contributed by atoms with Gasteiger partial charge < -0.3 is 14.8 Å². The Labute approximate surface area is 142 Å². The molecule has 1 N–H and O–H groups in total. The molecule has 2 unspecified atom stereocenters. The van der Waals surface area contributed by atoms with Crippen molar-refractivity contribution in [2.75, 3.05) is 21.3 Å². The van der Waals surface area contributed by atoms with Gasteiger partial charge in [0.1, 0.15) is 10.7 Å². The maximum atomic E-state index is 14.4. The van der Waals surface area contributed by atoms with Crippen LogP contribution in [0.1, 0.15) is 25.7 Å². The maximum Gasteiger partial charge on any atom is 0.246 e. The molecule has 2 fully saturated rings. The highest BCUT2D eigenvalue weighted by Crippen LogP contribution is 2.35. The molecular formula is C16H23FN2O4S. The summed E-state index contributed by atoms with van der Waals surface area (Å²) < 4.78 is 51.7. The van der Waals surface area contributed by atoms with Gasteiger partial charge in [0.25, 0.3) is 0 Å². The molecule has 0 aromatic heterocycles. The van der Waals surface area contributed by atoms with Crippen molar-refractivity contribution in [2.45, 2.75) is 48.7 Å². The molecule has 134 valence electrons. The predicted octanol–water partition coefficient (Wildman–Crippen LogP) is 1.75. The van der Waals surface area contributed by atoms with E-state index in [0.717, 1.165) is 31.7 Å². The number of sulfonamides is 1. The van der Waals surface area contributed by atoms with Crippen LogP contribution in [0.5, 0.6) is 11.5 Å². The number of fused-ring (bicyclic) bond motifs is 2. The van der Waals surface area contributed by atoms with Gasteiger partial charge in [0.2, 0.25) is 10.0 Å². The van der Waals surface area contributed by atoms with E-state index >= 15 is 0 Å². The van der Waals surface area contributed by atoms with Crippen LogP contribution >= 0.6 is 0 Å². The van der Waals surface area contributed by atoms with Crippen molar-refractivity contribution < 1.29 is 22.3 Å². The second kappa shape index (κ2) is 6.50. The first kappa shape index (κ1) is 17.4. The van der Waals surface area contributed by atoms with Crippen molar-refractivity contribution >= 4 is 10.0 Å². The number of halogens is 1. The number of hydrogen-bond donors (Lipinski definition) is 1. The highest BCUT2D eigenvalue weighted by atomic mass is 32.2. The molecule has 2 aliphatic rings. The van der Waals surface area contributed by atoms with E-state index in [1.54, 1.807) is 0 Å². The van der Waals surface area contributed by atoms with E-state index < -0.39 is 15.8 Å². The monoisotopic (exact) mass is 358 g/mol. The molecule has 8 heteroatoms. The first-order valence-electron chi connectivity index (χ1n) is 8.02. The number of benzene rings is 1. The summed E-state index contributed by atoms with van der Waals surface area (Å²) in [4.78, 5) is -0.381. The Morgan fingerprint density at radius 2 is 1.67 bits per heavy atom. The van der Waals surface area contributed by atoms with Crippen molar-refractivity contribution in [1.29, 1.82) is 0 Å². The number of methoxy groups -OCH3 is 2. The topological polar surface area (TPSA) is 67.9 Å². The summed E-state index contributed by atoms with van der Waals surface area (Å²) in [6, 6.07) is 2.81. The van der Waals surface area contributed by atoms with Crippen LogP contribution in [-0.2, 0) is 10.0 Å². The third-order valence-electron chi connectivity index (χ3n) is 5.06. The molecule has 2 bridgehead atoms. The molecular weight excluding hydrogens is 335 g/mol. The largest absolute Gasteiger partial charge is 0.493 e. The number of nitrogens with zero attached hydrogens (tertiary/aromatic N) is 1. The lowest BCUT2D eigenvalue weighted by molar-refractivity contribution is 0.251. The Bertz CT molecular complexity index is 713. The minimum absolute atomic E-state index is 0.124. The van der Waals surface area contributed by atoms with Crippen molar-refractivity contribution in [3.63, 3.8) is 0 Å². The molecule has 3 rings (SSSR count). The van der Waals surface area contributed by atoms with Crippen molar-refractivity contribution in [1.82, 2.24) is 9.62 Å². The van der Waals surface area contributed by atoms with Crippen molar-refractivity contribution in [3.8, 4) is 11.5 Å². The third-order valence-corrected chi connectivity index (χ3v) is 6.98. The van der Waals surface area contributed by atoms with Crippen LogP contribution in [0.4, 0.5) is 4.39 Å². The first-order valence-corrected chi connectivity index (χ1v) is 9.46. The van der Waals surface area contributed by atoms with Crippen LogP contribution < -0.4 is 14.8 Å². The summed E-state index contributed by atoms with van der Waals surface area (Å²) in [7, 11) is 0.344. The van der Waals surface area contributed by atoms with Crippen LogP contribution in [0.2, 0.25) is 0 Å². The van der Waals surface area contributed by atoms with Gasteiger partial charge in [-0.1, -0.05) is 0 Å². The fourth-order valence-electron chi connectivity index (χ4n) is 3.71. The molecule has 6 nitrogen and oxygen atoms in total. The van der Waals surface area contributed by atoms with Gasteiger partial charge in [-0.15, -0.1) is 0 Å². The molecule has 2 saturated heterocycles. The fourth-order valence-corrected chi connectivity index (χ4v) is 5.14. The number of rotatable bonds is 5. The van der Waals surface area contributed by atoms with E-state index in [9.17, 15) is 12.8 Å². The average Bonchev–Trinajstić information content (AvgIpc) is 2.91. The standard InChI is InChI=1S/C16H23FN2O4S/c1-19(12-6-10-4-5-11(7-12)18-10)24(20,21)16-9-15(23-3)14(22-2)8-13(16)17/h8-12,18H,4-7H2,1-3H3. The second-order valence-electron chi connectivity index (χ2n) is 6.42. The molecule has 2 heterocycles. The Kier molecular flexibility index (Phi) is 4.72. The summed E-state index contributed by atoms with van der Waals surface area (Å²) in [5.41, 5.74) is 0. The second-order valence-corrected chi connectivity index (χ2v) is 8.39. The molecule has 1 aromatic rings. The number of piperidine rings is 1. The van der Waals surface area contributed by atoms with E-state index in [0.29, 0.717) is 12.1 Å². The Morgan fingerprint density at radius 3 is 2.21 bits per heavy atom. The maximum absolute atomic E-state index is 14.4. The predicted molar refractivity (Wildman–Crippen MR) is 87.4 cm³/mol. The number of nitrogens with one attached hydrogen (secondary N) is 1. The molecule has 2 atom stereocenters. The SMILES string of the molecule is COc1cc(F)c(S(=O)(=O)N(C)C2CC3CCC(C2)N3)cc1OC. The van der Waals surface area contributed by atoms with Gasteiger partial charge in [0.15, 0.2) is 11.5 Å². The zero-order valence-corrected chi connectivity index (χ0v) is 14.9. The molecule has 0 spiro atoms. The van der Waals surface area contributed by atoms with Gasteiger partial charge in [-0.3, -0.25) is 0 Å². The lowest BCUT2D eigenvalue weighted by Gasteiger charge is -2.34. The van der Waals surface area contributed by atoms with Crippen LogP contribution in [-0.4, -0.2) is 52.1 Å². The van der Waals surface area contributed by atoms with Crippen LogP contribution in [0, 0.1) is 5.82 Å². The van der Waals surface area contributed by atoms with Crippen molar-refractivity contribution in [2.24, 2.45) is 0 Å². The van der Waals surface area contributed by atoms with E-state index in [4.69, 9.17) is 9.47 Å². The van der Waals surface area contributed by atoms with E-state index in [1.807, 2.05) is 0 Å². The van der Waals surface area contributed by atoms with E-state index in [1.165, 1.54) is 31.6 Å². The normalized spacial score (nSPS) is 26.6. The smallest absolute Gasteiger partial charge is 0.246 e. The molecule has 1 aromatic carbocycles. The van der Waals surface area contributed by atoms with Crippen LogP contribution in [0.3, 0.4) is 0 Å².